The average molecular weight is 291 g/mol. The van der Waals surface area contributed by atoms with Gasteiger partial charge in [-0.2, -0.15) is 0 Å². The molecule has 0 unspecified atom stereocenters. The Morgan fingerprint density at radius 2 is 1.92 bits per heavy atom. The standard InChI is InChI=1S/C6H5I.C4H9NO/c7-6-4-2-1-3-5-6;1-3-5-4(2)6/h1-5H;3H2,1-2H3,(H,5,6). The number of nitrogens with one attached hydrogen (secondary N) is 1. The Morgan fingerprint density at radius 3 is 2.08 bits per heavy atom. The van der Waals surface area contributed by atoms with Crippen LogP contribution in [0, 0.1) is 3.57 Å². The van der Waals surface area contributed by atoms with Crippen LogP contribution in [0.15, 0.2) is 30.3 Å². The van der Waals surface area contributed by atoms with Crippen LogP contribution in [0.5, 0.6) is 0 Å². The van der Waals surface area contributed by atoms with Crippen molar-refractivity contribution in [3.05, 3.63) is 33.9 Å². The molecule has 1 N–H and O–H groups in total. The van der Waals surface area contributed by atoms with Gasteiger partial charge in [0.25, 0.3) is 0 Å². The van der Waals surface area contributed by atoms with Crippen LogP contribution in [0.3, 0.4) is 0 Å². The largest absolute Gasteiger partial charge is 0.357 e. The van der Waals surface area contributed by atoms with Gasteiger partial charge in [-0.15, -0.1) is 0 Å². The fourth-order valence-electron chi connectivity index (χ4n) is 0.664. The molecule has 3 heteroatoms. The zero-order valence-corrected chi connectivity index (χ0v) is 10.0. The van der Waals surface area contributed by atoms with E-state index in [0.29, 0.717) is 0 Å². The lowest BCUT2D eigenvalue weighted by molar-refractivity contribution is -0.118. The van der Waals surface area contributed by atoms with E-state index in [4.69, 9.17) is 0 Å². The van der Waals surface area contributed by atoms with Crippen molar-refractivity contribution in [2.45, 2.75) is 13.8 Å². The highest BCUT2D eigenvalue weighted by Gasteiger charge is 1.79. The van der Waals surface area contributed by atoms with Crippen LogP contribution in [-0.2, 0) is 4.79 Å². The number of rotatable bonds is 1. The lowest BCUT2D eigenvalue weighted by Gasteiger charge is -1.88. The molecule has 1 aromatic carbocycles. The molecule has 13 heavy (non-hydrogen) atoms. The SMILES string of the molecule is CCNC(C)=O.Ic1ccccc1. The summed E-state index contributed by atoms with van der Waals surface area (Å²) >= 11 is 2.28. The van der Waals surface area contributed by atoms with Gasteiger partial charge in [0.2, 0.25) is 5.91 Å². The fraction of sp³-hybridized carbons (Fsp3) is 0.300. The van der Waals surface area contributed by atoms with Gasteiger partial charge in [0, 0.05) is 17.0 Å². The maximum Gasteiger partial charge on any atom is 0.216 e. The van der Waals surface area contributed by atoms with Crippen molar-refractivity contribution in [3.8, 4) is 0 Å². The summed E-state index contributed by atoms with van der Waals surface area (Å²) in [5.74, 6) is 0.0394. The van der Waals surface area contributed by atoms with Crippen molar-refractivity contribution in [2.24, 2.45) is 0 Å². The number of amides is 1. The highest BCUT2D eigenvalue weighted by atomic mass is 127. The summed E-state index contributed by atoms with van der Waals surface area (Å²) in [7, 11) is 0. The maximum atomic E-state index is 9.93. The molecule has 1 rings (SSSR count). The van der Waals surface area contributed by atoms with E-state index in [9.17, 15) is 4.79 Å². The number of hydrogen-bond donors (Lipinski definition) is 1. The molecule has 0 saturated carbocycles. The van der Waals surface area contributed by atoms with Gasteiger partial charge in [0.05, 0.1) is 0 Å². The molecule has 0 fully saturated rings. The number of carbonyl (C=O) groups is 1. The minimum absolute atomic E-state index is 0.0394. The number of halogens is 1. The summed E-state index contributed by atoms with van der Waals surface area (Å²) in [4.78, 5) is 9.93. The topological polar surface area (TPSA) is 29.1 Å². The molecule has 0 atom stereocenters. The van der Waals surface area contributed by atoms with Crippen LogP contribution in [-0.4, -0.2) is 12.5 Å². The van der Waals surface area contributed by atoms with Gasteiger partial charge in [-0.1, -0.05) is 18.2 Å². The summed E-state index contributed by atoms with van der Waals surface area (Å²) in [6.07, 6.45) is 0. The molecule has 0 bridgehead atoms. The van der Waals surface area contributed by atoms with Gasteiger partial charge in [-0.25, -0.2) is 0 Å². The van der Waals surface area contributed by atoms with Crippen molar-refractivity contribution < 1.29 is 4.79 Å². The first kappa shape index (κ1) is 12.4. The van der Waals surface area contributed by atoms with Crippen molar-refractivity contribution in [3.63, 3.8) is 0 Å². The van der Waals surface area contributed by atoms with Crippen molar-refractivity contribution in [1.29, 1.82) is 0 Å². The molecule has 0 aliphatic heterocycles. The van der Waals surface area contributed by atoms with Gasteiger partial charge in [-0.05, 0) is 41.6 Å². The Bertz CT molecular complexity index is 236. The van der Waals surface area contributed by atoms with E-state index >= 15 is 0 Å². The molecule has 0 aliphatic rings. The minimum Gasteiger partial charge on any atom is -0.357 e. The van der Waals surface area contributed by atoms with Crippen LogP contribution >= 0.6 is 22.6 Å². The van der Waals surface area contributed by atoms with Crippen LogP contribution in [0.2, 0.25) is 0 Å². The van der Waals surface area contributed by atoms with E-state index in [1.54, 1.807) is 0 Å². The second-order valence-corrected chi connectivity index (χ2v) is 3.63. The second-order valence-electron chi connectivity index (χ2n) is 2.38. The normalized spacial score (nSPS) is 8.23. The van der Waals surface area contributed by atoms with Crippen LogP contribution in [0.1, 0.15) is 13.8 Å². The van der Waals surface area contributed by atoms with E-state index < -0.39 is 0 Å². The fourth-order valence-corrected chi connectivity index (χ4v) is 1.08. The average Bonchev–Trinajstić information content (AvgIpc) is 2.06. The number of carbonyl (C=O) groups excluding carboxylic acids is 1. The quantitative estimate of drug-likeness (QED) is 0.791. The molecule has 0 saturated heterocycles. The number of hydrogen-bond acceptors (Lipinski definition) is 1. The van der Waals surface area contributed by atoms with Gasteiger partial charge in [0.1, 0.15) is 0 Å². The predicted molar refractivity (Wildman–Crippen MR) is 63.5 cm³/mol. The Morgan fingerprint density at radius 1 is 1.38 bits per heavy atom. The summed E-state index contributed by atoms with van der Waals surface area (Å²) in [6, 6.07) is 10.2. The number of benzene rings is 1. The summed E-state index contributed by atoms with van der Waals surface area (Å²) < 4.78 is 1.29. The second kappa shape index (κ2) is 8.04. The minimum atomic E-state index is 0.0394. The van der Waals surface area contributed by atoms with Gasteiger partial charge in [-0.3, -0.25) is 4.79 Å². The summed E-state index contributed by atoms with van der Waals surface area (Å²) in [5, 5.41) is 2.57. The zero-order valence-electron chi connectivity index (χ0n) is 7.88. The van der Waals surface area contributed by atoms with E-state index in [1.165, 1.54) is 10.5 Å². The highest BCUT2D eigenvalue weighted by Crippen LogP contribution is 1.99. The van der Waals surface area contributed by atoms with E-state index in [0.717, 1.165) is 6.54 Å². The van der Waals surface area contributed by atoms with Gasteiger partial charge >= 0.3 is 0 Å². The first-order chi connectivity index (χ1) is 6.16. The van der Waals surface area contributed by atoms with Crippen LogP contribution < -0.4 is 5.32 Å². The summed E-state index contributed by atoms with van der Waals surface area (Å²) in [5.41, 5.74) is 0. The van der Waals surface area contributed by atoms with E-state index in [1.807, 2.05) is 25.1 Å². The van der Waals surface area contributed by atoms with Crippen molar-refractivity contribution in [2.75, 3.05) is 6.54 Å². The molecule has 0 spiro atoms. The smallest absolute Gasteiger partial charge is 0.216 e. The van der Waals surface area contributed by atoms with Gasteiger partial charge < -0.3 is 5.32 Å². The molecule has 0 aromatic heterocycles. The predicted octanol–water partition coefficient (Wildman–Crippen LogP) is 2.43. The molecule has 1 amide bonds. The first-order valence-electron chi connectivity index (χ1n) is 4.11. The zero-order chi connectivity index (χ0) is 10.1. The summed E-state index contributed by atoms with van der Waals surface area (Å²) in [6.45, 7) is 4.13. The van der Waals surface area contributed by atoms with Gasteiger partial charge in [0.15, 0.2) is 0 Å². The van der Waals surface area contributed by atoms with Crippen molar-refractivity contribution in [1.82, 2.24) is 5.32 Å². The molecule has 0 aliphatic carbocycles. The Balaban J connectivity index is 0.000000226. The Hall–Kier alpha value is -0.580. The third-order valence-corrected chi connectivity index (χ3v) is 1.88. The molecule has 0 heterocycles. The first-order valence-corrected chi connectivity index (χ1v) is 5.19. The third kappa shape index (κ3) is 9.33. The molecular weight excluding hydrogens is 277 g/mol. The van der Waals surface area contributed by atoms with Crippen LogP contribution in [0.25, 0.3) is 0 Å². The molecule has 72 valence electrons. The lowest BCUT2D eigenvalue weighted by atomic mass is 10.4. The molecule has 1 aromatic rings. The van der Waals surface area contributed by atoms with E-state index in [2.05, 4.69) is 40.0 Å². The maximum absolute atomic E-state index is 9.93. The molecule has 2 nitrogen and oxygen atoms in total. The van der Waals surface area contributed by atoms with Crippen LogP contribution in [0.4, 0.5) is 0 Å². The Labute approximate surface area is 92.9 Å². The third-order valence-electron chi connectivity index (χ3n) is 1.16. The molecule has 0 radical (unpaired) electrons. The molecular formula is C10H14INO. The highest BCUT2D eigenvalue weighted by molar-refractivity contribution is 14.1. The Kier molecular flexibility index (Phi) is 7.68. The van der Waals surface area contributed by atoms with E-state index in [-0.39, 0.29) is 5.91 Å². The monoisotopic (exact) mass is 291 g/mol. The van der Waals surface area contributed by atoms with Crippen molar-refractivity contribution >= 4 is 28.5 Å². The lowest BCUT2D eigenvalue weighted by Crippen LogP contribution is -2.18.